The van der Waals surface area contributed by atoms with E-state index in [2.05, 4.69) is 11.1 Å². The molecule has 0 atom stereocenters. The SMILES string of the molecule is OB(O)O.Oc1ccccc1O.S=c1[nH]c2ccccc2s1. The van der Waals surface area contributed by atoms with Crippen molar-refractivity contribution < 1.29 is 25.3 Å². The quantitative estimate of drug-likeness (QED) is 0.212. The van der Waals surface area contributed by atoms with Crippen LogP contribution in [0.15, 0.2) is 48.5 Å². The number of aromatic nitrogens is 1. The number of fused-ring (bicyclic) bond motifs is 1. The summed E-state index contributed by atoms with van der Waals surface area (Å²) in [6.45, 7) is 0. The van der Waals surface area contributed by atoms with E-state index in [1.165, 1.54) is 16.8 Å². The van der Waals surface area contributed by atoms with Crippen LogP contribution in [0.2, 0.25) is 0 Å². The van der Waals surface area contributed by atoms with Crippen LogP contribution in [0.4, 0.5) is 0 Å². The van der Waals surface area contributed by atoms with Gasteiger partial charge in [-0.25, -0.2) is 0 Å². The molecule has 0 unspecified atom stereocenters. The first kappa shape index (κ1) is 18.1. The van der Waals surface area contributed by atoms with Crippen LogP contribution in [-0.2, 0) is 0 Å². The Labute approximate surface area is 135 Å². The van der Waals surface area contributed by atoms with E-state index in [1.54, 1.807) is 23.5 Å². The Morgan fingerprint density at radius 3 is 1.77 bits per heavy atom. The van der Waals surface area contributed by atoms with Gasteiger partial charge >= 0.3 is 7.32 Å². The summed E-state index contributed by atoms with van der Waals surface area (Å²) in [7, 11) is -2.17. The molecule has 0 saturated carbocycles. The second-order valence-electron chi connectivity index (χ2n) is 3.85. The summed E-state index contributed by atoms with van der Waals surface area (Å²) < 4.78 is 2.08. The number of aromatic amines is 1. The number of benzene rings is 2. The average molecular weight is 339 g/mol. The van der Waals surface area contributed by atoms with Crippen LogP contribution in [0.25, 0.3) is 10.2 Å². The number of phenolic OH excluding ortho intramolecular Hbond substituents is 2. The molecule has 6 N–H and O–H groups in total. The van der Waals surface area contributed by atoms with E-state index in [9.17, 15) is 0 Å². The Bertz CT molecular complexity index is 699. The Kier molecular flexibility index (Phi) is 7.57. The van der Waals surface area contributed by atoms with Crippen molar-refractivity contribution in [2.24, 2.45) is 0 Å². The molecule has 3 aromatic rings. The Hall–Kier alpha value is -1.91. The fourth-order valence-electron chi connectivity index (χ4n) is 1.36. The van der Waals surface area contributed by atoms with Gasteiger partial charge in [0.1, 0.15) is 0 Å². The fourth-order valence-corrected chi connectivity index (χ4v) is 2.47. The van der Waals surface area contributed by atoms with Crippen LogP contribution in [0.1, 0.15) is 0 Å². The molecule has 0 spiro atoms. The summed E-state index contributed by atoms with van der Waals surface area (Å²) in [6, 6.07) is 14.3. The zero-order chi connectivity index (χ0) is 16.5. The molecule has 0 bridgehead atoms. The molecule has 116 valence electrons. The van der Waals surface area contributed by atoms with Crippen LogP contribution >= 0.6 is 23.6 Å². The lowest BCUT2D eigenvalue weighted by Crippen LogP contribution is -2.07. The van der Waals surface area contributed by atoms with Crippen molar-refractivity contribution in [2.45, 2.75) is 0 Å². The topological polar surface area (TPSA) is 117 Å². The molecule has 0 aliphatic rings. The van der Waals surface area contributed by atoms with Crippen molar-refractivity contribution in [3.05, 3.63) is 52.5 Å². The Balaban J connectivity index is 0.000000182. The van der Waals surface area contributed by atoms with E-state index >= 15 is 0 Å². The minimum absolute atomic E-state index is 0.0764. The van der Waals surface area contributed by atoms with E-state index in [-0.39, 0.29) is 11.5 Å². The lowest BCUT2D eigenvalue weighted by atomic mass is 10.3. The first-order valence-corrected chi connectivity index (χ1v) is 7.21. The zero-order valence-electron chi connectivity index (χ0n) is 11.2. The van der Waals surface area contributed by atoms with Gasteiger partial charge in [0.25, 0.3) is 0 Å². The minimum Gasteiger partial charge on any atom is -0.504 e. The van der Waals surface area contributed by atoms with Gasteiger partial charge in [0, 0.05) is 0 Å². The number of thiazole rings is 1. The molecule has 9 heteroatoms. The van der Waals surface area contributed by atoms with Crippen LogP contribution in [0.3, 0.4) is 0 Å². The monoisotopic (exact) mass is 339 g/mol. The van der Waals surface area contributed by atoms with Gasteiger partial charge in [-0.15, -0.1) is 11.3 Å². The van der Waals surface area contributed by atoms with Crippen molar-refractivity contribution in [3.63, 3.8) is 0 Å². The van der Waals surface area contributed by atoms with Crippen molar-refractivity contribution in [2.75, 3.05) is 0 Å². The number of rotatable bonds is 0. The maximum Gasteiger partial charge on any atom is 0.631 e. The third-order valence-corrected chi connectivity index (χ3v) is 3.42. The van der Waals surface area contributed by atoms with Gasteiger partial charge in [0.2, 0.25) is 0 Å². The second kappa shape index (κ2) is 9.18. The summed E-state index contributed by atoms with van der Waals surface area (Å²) >= 11 is 6.59. The van der Waals surface area contributed by atoms with E-state index in [0.29, 0.717) is 0 Å². The molecule has 3 rings (SSSR count). The van der Waals surface area contributed by atoms with Crippen molar-refractivity contribution >= 4 is 41.1 Å². The van der Waals surface area contributed by atoms with E-state index in [1.807, 2.05) is 18.2 Å². The standard InChI is InChI=1S/C7H5NS2.C6H6O2.BH3O3/c9-7-8-5-3-1-2-4-6(5)10-7;7-5-3-1-2-4-6(5)8;2-1(3)4/h1-4H,(H,8,9);1-4,7-8H;2-4H. The lowest BCUT2D eigenvalue weighted by Gasteiger charge is -1.91. The van der Waals surface area contributed by atoms with E-state index < -0.39 is 7.32 Å². The average Bonchev–Trinajstić information content (AvgIpc) is 2.82. The molecule has 0 radical (unpaired) electrons. The molecule has 0 fully saturated rings. The molecular formula is C13H14BNO5S2. The number of para-hydroxylation sites is 3. The van der Waals surface area contributed by atoms with Gasteiger partial charge < -0.3 is 30.3 Å². The van der Waals surface area contributed by atoms with Crippen molar-refractivity contribution in [1.82, 2.24) is 4.98 Å². The molecule has 0 saturated heterocycles. The highest BCUT2D eigenvalue weighted by atomic mass is 32.1. The number of nitrogens with one attached hydrogen (secondary N) is 1. The second-order valence-corrected chi connectivity index (χ2v) is 5.56. The Morgan fingerprint density at radius 1 is 0.864 bits per heavy atom. The van der Waals surface area contributed by atoms with Gasteiger partial charge in [-0.3, -0.25) is 0 Å². The van der Waals surface area contributed by atoms with E-state index in [4.69, 9.17) is 37.5 Å². The molecule has 2 aromatic carbocycles. The van der Waals surface area contributed by atoms with Gasteiger partial charge in [-0.1, -0.05) is 24.3 Å². The molecule has 1 aromatic heterocycles. The third kappa shape index (κ3) is 6.70. The minimum atomic E-state index is -2.17. The third-order valence-electron chi connectivity index (χ3n) is 2.21. The summed E-state index contributed by atoms with van der Waals surface area (Å²) in [5, 5.41) is 38.8. The summed E-state index contributed by atoms with van der Waals surface area (Å²) in [6.07, 6.45) is 0. The molecule has 6 nitrogen and oxygen atoms in total. The van der Waals surface area contributed by atoms with Crippen molar-refractivity contribution in [1.29, 1.82) is 0 Å². The normalized spacial score (nSPS) is 9.23. The van der Waals surface area contributed by atoms with Crippen molar-refractivity contribution in [3.8, 4) is 11.5 Å². The van der Waals surface area contributed by atoms with Crippen LogP contribution in [-0.4, -0.2) is 37.6 Å². The maximum absolute atomic E-state index is 8.67. The van der Waals surface area contributed by atoms with E-state index in [0.717, 1.165) is 9.47 Å². The summed E-state index contributed by atoms with van der Waals surface area (Å²) in [5.41, 5.74) is 1.14. The first-order valence-electron chi connectivity index (χ1n) is 5.99. The maximum atomic E-state index is 8.67. The highest BCUT2D eigenvalue weighted by Crippen LogP contribution is 2.21. The summed E-state index contributed by atoms with van der Waals surface area (Å²) in [4.78, 5) is 3.09. The molecule has 22 heavy (non-hydrogen) atoms. The zero-order valence-corrected chi connectivity index (χ0v) is 12.9. The number of hydrogen-bond acceptors (Lipinski definition) is 7. The predicted molar refractivity (Wildman–Crippen MR) is 89.2 cm³/mol. The van der Waals surface area contributed by atoms with Crippen LogP contribution in [0, 0.1) is 3.95 Å². The van der Waals surface area contributed by atoms with Crippen LogP contribution in [0.5, 0.6) is 11.5 Å². The first-order chi connectivity index (χ1) is 10.4. The number of hydrogen-bond donors (Lipinski definition) is 6. The predicted octanol–water partition coefficient (Wildman–Crippen LogP) is 2.00. The van der Waals surface area contributed by atoms with Gasteiger partial charge in [-0.2, -0.15) is 0 Å². The fraction of sp³-hybridized carbons (Fsp3) is 0. The van der Waals surface area contributed by atoms with Gasteiger partial charge in [-0.05, 0) is 36.5 Å². The number of phenols is 2. The highest BCUT2D eigenvalue weighted by Gasteiger charge is 1.93. The highest BCUT2D eigenvalue weighted by molar-refractivity contribution is 7.73. The van der Waals surface area contributed by atoms with Gasteiger partial charge in [0.15, 0.2) is 15.5 Å². The lowest BCUT2D eigenvalue weighted by molar-refractivity contribution is 0.278. The molecule has 0 aliphatic carbocycles. The smallest absolute Gasteiger partial charge is 0.504 e. The van der Waals surface area contributed by atoms with Gasteiger partial charge in [0.05, 0.1) is 10.2 Å². The van der Waals surface area contributed by atoms with Crippen LogP contribution < -0.4 is 0 Å². The number of H-pyrrole nitrogens is 1. The number of aromatic hydroxyl groups is 2. The Morgan fingerprint density at radius 2 is 1.32 bits per heavy atom. The largest absolute Gasteiger partial charge is 0.631 e. The molecular weight excluding hydrogens is 325 g/mol. The summed E-state index contributed by atoms with van der Waals surface area (Å²) in [5.74, 6) is -0.153. The molecule has 0 aliphatic heterocycles. The molecule has 0 amide bonds. The molecule has 1 heterocycles.